The molecule has 1 aliphatic rings. The van der Waals surface area contributed by atoms with Gasteiger partial charge in [-0.2, -0.15) is 5.10 Å². The highest BCUT2D eigenvalue weighted by Gasteiger charge is 2.27. The topological polar surface area (TPSA) is 47.4 Å². The van der Waals surface area contributed by atoms with Gasteiger partial charge in [-0.3, -0.25) is 14.4 Å². The lowest BCUT2D eigenvalue weighted by Gasteiger charge is -2.31. The van der Waals surface area contributed by atoms with E-state index in [1.165, 1.54) is 5.69 Å². The van der Waals surface area contributed by atoms with Crippen LogP contribution in [0.25, 0.3) is 0 Å². The second-order valence-electron chi connectivity index (χ2n) is 5.23. The number of piperidine rings is 1. The van der Waals surface area contributed by atoms with Crippen LogP contribution in [0, 0.1) is 12.8 Å². The molecular weight excluding hydrogens is 242 g/mol. The minimum absolute atomic E-state index is 0.0306. The summed E-state index contributed by atoms with van der Waals surface area (Å²) in [5.41, 5.74) is 2.23. The SMILES string of the molecule is CCOC(=O)C1CCCN(Cc2cc(C)nn2C)C1. The summed E-state index contributed by atoms with van der Waals surface area (Å²) >= 11 is 0. The molecule has 2 rings (SSSR count). The number of aromatic nitrogens is 2. The molecule has 1 aromatic heterocycles. The minimum atomic E-state index is -0.0478. The van der Waals surface area contributed by atoms with E-state index in [1.807, 2.05) is 25.6 Å². The van der Waals surface area contributed by atoms with Gasteiger partial charge in [-0.25, -0.2) is 0 Å². The number of carbonyl (C=O) groups excluding carboxylic acids is 1. The molecule has 2 heterocycles. The number of likely N-dealkylation sites (tertiary alicyclic amines) is 1. The van der Waals surface area contributed by atoms with Gasteiger partial charge >= 0.3 is 5.97 Å². The van der Waals surface area contributed by atoms with Crippen molar-refractivity contribution in [3.05, 3.63) is 17.5 Å². The maximum atomic E-state index is 11.8. The molecule has 1 aliphatic heterocycles. The van der Waals surface area contributed by atoms with Gasteiger partial charge in [0.05, 0.1) is 23.9 Å². The van der Waals surface area contributed by atoms with Crippen LogP contribution >= 0.6 is 0 Å². The number of hydrogen-bond acceptors (Lipinski definition) is 4. The van der Waals surface area contributed by atoms with Crippen LogP contribution in [0.1, 0.15) is 31.2 Å². The van der Waals surface area contributed by atoms with Crippen molar-refractivity contribution in [3.63, 3.8) is 0 Å². The zero-order chi connectivity index (χ0) is 13.8. The zero-order valence-corrected chi connectivity index (χ0v) is 12.1. The van der Waals surface area contributed by atoms with Crippen molar-refractivity contribution >= 4 is 5.97 Å². The van der Waals surface area contributed by atoms with Gasteiger partial charge in [0, 0.05) is 20.1 Å². The van der Waals surface area contributed by atoms with Crippen LogP contribution in [0.3, 0.4) is 0 Å². The zero-order valence-electron chi connectivity index (χ0n) is 12.1. The van der Waals surface area contributed by atoms with E-state index in [1.54, 1.807) is 0 Å². The highest BCUT2D eigenvalue weighted by atomic mass is 16.5. The number of esters is 1. The molecule has 19 heavy (non-hydrogen) atoms. The molecule has 106 valence electrons. The Morgan fingerprint density at radius 3 is 3.00 bits per heavy atom. The molecule has 0 amide bonds. The van der Waals surface area contributed by atoms with Crippen LogP contribution in [0.5, 0.6) is 0 Å². The minimum Gasteiger partial charge on any atom is -0.466 e. The number of carbonyl (C=O) groups is 1. The van der Waals surface area contributed by atoms with Crippen LogP contribution in [0.2, 0.25) is 0 Å². The fourth-order valence-electron chi connectivity index (χ4n) is 2.69. The maximum Gasteiger partial charge on any atom is 0.310 e. The van der Waals surface area contributed by atoms with Crippen molar-refractivity contribution in [3.8, 4) is 0 Å². The largest absolute Gasteiger partial charge is 0.466 e. The first kappa shape index (κ1) is 14.1. The second kappa shape index (κ2) is 6.19. The van der Waals surface area contributed by atoms with E-state index >= 15 is 0 Å². The lowest BCUT2D eigenvalue weighted by Crippen LogP contribution is -2.39. The molecule has 5 nitrogen and oxygen atoms in total. The van der Waals surface area contributed by atoms with Crippen molar-refractivity contribution < 1.29 is 9.53 Å². The standard InChI is InChI=1S/C14H23N3O2/c1-4-19-14(18)12-6-5-7-17(9-12)10-13-8-11(2)15-16(13)3/h8,12H,4-7,9-10H2,1-3H3. The predicted octanol–water partition coefficient (Wildman–Crippen LogP) is 1.50. The molecular formula is C14H23N3O2. The summed E-state index contributed by atoms with van der Waals surface area (Å²) in [6, 6.07) is 2.11. The third-order valence-electron chi connectivity index (χ3n) is 3.61. The molecule has 0 saturated carbocycles. The van der Waals surface area contributed by atoms with Crippen molar-refractivity contribution in [1.29, 1.82) is 0 Å². The number of rotatable bonds is 4. The third-order valence-corrected chi connectivity index (χ3v) is 3.61. The summed E-state index contributed by atoms with van der Waals surface area (Å²) in [5, 5.41) is 4.36. The molecule has 0 aliphatic carbocycles. The van der Waals surface area contributed by atoms with Crippen molar-refractivity contribution in [2.75, 3.05) is 19.7 Å². The van der Waals surface area contributed by atoms with Gasteiger partial charge < -0.3 is 4.74 Å². The Morgan fingerprint density at radius 1 is 1.58 bits per heavy atom. The molecule has 1 saturated heterocycles. The molecule has 0 aromatic carbocycles. The Labute approximate surface area is 114 Å². The third kappa shape index (κ3) is 3.56. The number of hydrogen-bond donors (Lipinski definition) is 0. The predicted molar refractivity (Wildman–Crippen MR) is 72.6 cm³/mol. The average Bonchev–Trinajstić information content (AvgIpc) is 2.68. The van der Waals surface area contributed by atoms with Crippen LogP contribution in [0.15, 0.2) is 6.07 Å². The maximum absolute atomic E-state index is 11.8. The first-order valence-corrected chi connectivity index (χ1v) is 6.98. The van der Waals surface area contributed by atoms with Crippen LogP contribution in [0.4, 0.5) is 0 Å². The van der Waals surface area contributed by atoms with Crippen molar-refractivity contribution in [1.82, 2.24) is 14.7 Å². The van der Waals surface area contributed by atoms with E-state index < -0.39 is 0 Å². The molecule has 5 heteroatoms. The second-order valence-corrected chi connectivity index (χ2v) is 5.23. The van der Waals surface area contributed by atoms with Crippen LogP contribution in [-0.2, 0) is 23.1 Å². The summed E-state index contributed by atoms with van der Waals surface area (Å²) in [5.74, 6) is -0.0172. The van der Waals surface area contributed by atoms with E-state index in [9.17, 15) is 4.79 Å². The van der Waals surface area contributed by atoms with E-state index in [4.69, 9.17) is 4.74 Å². The molecule has 1 unspecified atom stereocenters. The van der Waals surface area contributed by atoms with E-state index in [-0.39, 0.29) is 11.9 Å². The molecule has 1 fully saturated rings. The Bertz CT molecular complexity index is 442. The Kier molecular flexibility index (Phi) is 4.58. The van der Waals surface area contributed by atoms with Crippen LogP contribution < -0.4 is 0 Å². The van der Waals surface area contributed by atoms with Gasteiger partial charge in [-0.15, -0.1) is 0 Å². The summed E-state index contributed by atoms with van der Waals surface area (Å²) in [4.78, 5) is 14.1. The Balaban J connectivity index is 1.94. The molecule has 1 atom stereocenters. The lowest BCUT2D eigenvalue weighted by molar-refractivity contribution is -0.150. The highest BCUT2D eigenvalue weighted by molar-refractivity contribution is 5.72. The summed E-state index contributed by atoms with van der Waals surface area (Å²) < 4.78 is 7.04. The van der Waals surface area contributed by atoms with E-state index in [0.29, 0.717) is 6.61 Å². The summed E-state index contributed by atoms with van der Waals surface area (Å²) in [6.07, 6.45) is 2.00. The van der Waals surface area contributed by atoms with Gasteiger partial charge in [-0.05, 0) is 39.3 Å². The first-order valence-electron chi connectivity index (χ1n) is 6.98. The summed E-state index contributed by atoms with van der Waals surface area (Å²) in [7, 11) is 1.97. The normalized spacial score (nSPS) is 20.5. The van der Waals surface area contributed by atoms with Gasteiger partial charge in [0.25, 0.3) is 0 Å². The summed E-state index contributed by atoms with van der Waals surface area (Å²) in [6.45, 7) is 7.02. The van der Waals surface area contributed by atoms with Crippen LogP contribution in [-0.4, -0.2) is 40.3 Å². The van der Waals surface area contributed by atoms with Gasteiger partial charge in [0.1, 0.15) is 0 Å². The van der Waals surface area contributed by atoms with Crippen molar-refractivity contribution in [2.24, 2.45) is 13.0 Å². The molecule has 0 bridgehead atoms. The highest BCUT2D eigenvalue weighted by Crippen LogP contribution is 2.20. The van der Waals surface area contributed by atoms with Gasteiger partial charge in [0.2, 0.25) is 0 Å². The van der Waals surface area contributed by atoms with Gasteiger partial charge in [0.15, 0.2) is 0 Å². The molecule has 0 spiro atoms. The molecule has 0 N–H and O–H groups in total. The smallest absolute Gasteiger partial charge is 0.310 e. The lowest BCUT2D eigenvalue weighted by atomic mass is 9.98. The quantitative estimate of drug-likeness (QED) is 0.774. The fraction of sp³-hybridized carbons (Fsp3) is 0.714. The molecule has 1 aromatic rings. The van der Waals surface area contributed by atoms with Crippen molar-refractivity contribution in [2.45, 2.75) is 33.2 Å². The first-order chi connectivity index (χ1) is 9.10. The fourth-order valence-corrected chi connectivity index (χ4v) is 2.69. The Morgan fingerprint density at radius 2 is 2.37 bits per heavy atom. The Hall–Kier alpha value is -1.36. The monoisotopic (exact) mass is 265 g/mol. The number of nitrogens with zero attached hydrogens (tertiary/aromatic N) is 3. The van der Waals surface area contributed by atoms with E-state index in [2.05, 4.69) is 16.1 Å². The number of ether oxygens (including phenoxy) is 1. The average molecular weight is 265 g/mol. The number of aryl methyl sites for hydroxylation is 2. The van der Waals surface area contributed by atoms with Gasteiger partial charge in [-0.1, -0.05) is 0 Å². The van der Waals surface area contributed by atoms with E-state index in [0.717, 1.165) is 38.2 Å². The molecule has 0 radical (unpaired) electrons.